The van der Waals surface area contributed by atoms with Gasteiger partial charge in [-0.3, -0.25) is 10.9 Å². The molecule has 0 saturated carbocycles. The lowest BCUT2D eigenvalue weighted by Crippen LogP contribution is -2.45. The predicted octanol–water partition coefficient (Wildman–Crippen LogP) is 4.18. The van der Waals surface area contributed by atoms with Crippen LogP contribution in [0, 0.1) is 0 Å². The smallest absolute Gasteiger partial charge is 0.189 e. The van der Waals surface area contributed by atoms with Gasteiger partial charge in [0.05, 0.1) is 0 Å². The molecule has 0 atom stereocenters. The molecular formula is C14H12Cl2N4S2. The zero-order valence-electron chi connectivity index (χ0n) is 11.2. The molecule has 22 heavy (non-hydrogen) atoms. The number of hydrazine groups is 1. The molecular weight excluding hydrogens is 359 g/mol. The van der Waals surface area contributed by atoms with Crippen LogP contribution in [0.2, 0.25) is 10.0 Å². The van der Waals surface area contributed by atoms with Crippen molar-refractivity contribution in [1.82, 2.24) is 10.9 Å². The highest BCUT2D eigenvalue weighted by molar-refractivity contribution is 7.81. The van der Waals surface area contributed by atoms with E-state index < -0.39 is 0 Å². The zero-order chi connectivity index (χ0) is 15.9. The first kappa shape index (κ1) is 16.8. The van der Waals surface area contributed by atoms with Crippen LogP contribution in [0.4, 0.5) is 11.4 Å². The van der Waals surface area contributed by atoms with Crippen molar-refractivity contribution in [3.63, 3.8) is 0 Å². The molecule has 0 aromatic heterocycles. The van der Waals surface area contributed by atoms with Crippen LogP contribution in [-0.4, -0.2) is 10.2 Å². The summed E-state index contributed by atoms with van der Waals surface area (Å²) in [6.07, 6.45) is 0. The first-order valence-electron chi connectivity index (χ1n) is 6.18. The van der Waals surface area contributed by atoms with Crippen LogP contribution < -0.4 is 21.5 Å². The van der Waals surface area contributed by atoms with Crippen LogP contribution in [0.25, 0.3) is 0 Å². The molecule has 2 aromatic carbocycles. The van der Waals surface area contributed by atoms with Gasteiger partial charge >= 0.3 is 0 Å². The van der Waals surface area contributed by atoms with Gasteiger partial charge in [0.1, 0.15) is 0 Å². The summed E-state index contributed by atoms with van der Waals surface area (Å²) in [5, 5.41) is 7.92. The largest absolute Gasteiger partial charge is 0.331 e. The third kappa shape index (κ3) is 5.65. The lowest BCUT2D eigenvalue weighted by molar-refractivity contribution is 0.885. The third-order valence-corrected chi connectivity index (χ3v) is 3.33. The fraction of sp³-hybridized carbons (Fsp3) is 0. The van der Waals surface area contributed by atoms with Crippen molar-refractivity contribution in [3.05, 3.63) is 58.6 Å². The molecule has 0 unspecified atom stereocenters. The highest BCUT2D eigenvalue weighted by atomic mass is 35.5. The van der Waals surface area contributed by atoms with Crippen molar-refractivity contribution in [3.8, 4) is 0 Å². The van der Waals surface area contributed by atoms with Gasteiger partial charge in [-0.05, 0) is 60.8 Å². The van der Waals surface area contributed by atoms with E-state index in [4.69, 9.17) is 47.6 Å². The minimum absolute atomic E-state index is 0.359. The minimum Gasteiger partial charge on any atom is -0.331 e. The third-order valence-electron chi connectivity index (χ3n) is 2.45. The van der Waals surface area contributed by atoms with E-state index in [1.807, 2.05) is 24.3 Å². The molecule has 114 valence electrons. The number of nitrogens with one attached hydrogen (secondary N) is 4. The highest BCUT2D eigenvalue weighted by Gasteiger charge is 2.01. The number of hydrogen-bond donors (Lipinski definition) is 4. The summed E-state index contributed by atoms with van der Waals surface area (Å²) < 4.78 is 0. The van der Waals surface area contributed by atoms with E-state index in [1.54, 1.807) is 24.3 Å². The van der Waals surface area contributed by atoms with E-state index in [1.165, 1.54) is 0 Å². The minimum atomic E-state index is 0.359. The van der Waals surface area contributed by atoms with Crippen molar-refractivity contribution in [2.45, 2.75) is 0 Å². The maximum absolute atomic E-state index is 5.90. The number of hydrogen-bond acceptors (Lipinski definition) is 2. The van der Waals surface area contributed by atoms with Crippen LogP contribution in [0.5, 0.6) is 0 Å². The number of rotatable bonds is 2. The van der Waals surface area contributed by atoms with Crippen LogP contribution in [0.3, 0.4) is 0 Å². The number of benzene rings is 2. The molecule has 0 fully saturated rings. The number of anilines is 2. The predicted molar refractivity (Wildman–Crippen MR) is 102 cm³/mol. The Hall–Kier alpha value is -1.60. The maximum atomic E-state index is 5.90. The Morgan fingerprint density at radius 1 is 0.727 bits per heavy atom. The maximum Gasteiger partial charge on any atom is 0.189 e. The molecule has 0 heterocycles. The number of halogens is 2. The van der Waals surface area contributed by atoms with E-state index in [0.717, 1.165) is 11.4 Å². The molecule has 0 amide bonds. The van der Waals surface area contributed by atoms with Gasteiger partial charge in [0.2, 0.25) is 0 Å². The summed E-state index contributed by atoms with van der Waals surface area (Å²) in [7, 11) is 0. The van der Waals surface area contributed by atoms with E-state index in [-0.39, 0.29) is 0 Å². The van der Waals surface area contributed by atoms with Crippen LogP contribution in [0.15, 0.2) is 48.5 Å². The molecule has 2 rings (SSSR count). The Labute approximate surface area is 149 Å². The summed E-state index contributed by atoms with van der Waals surface area (Å²) in [4.78, 5) is 0. The van der Waals surface area contributed by atoms with Crippen molar-refractivity contribution < 1.29 is 0 Å². The van der Waals surface area contributed by atoms with Crippen LogP contribution in [-0.2, 0) is 0 Å². The van der Waals surface area contributed by atoms with Gasteiger partial charge in [-0.15, -0.1) is 0 Å². The van der Waals surface area contributed by atoms with E-state index in [0.29, 0.717) is 20.3 Å². The second-order valence-corrected chi connectivity index (χ2v) is 5.87. The van der Waals surface area contributed by atoms with E-state index in [9.17, 15) is 0 Å². The molecule has 0 aliphatic carbocycles. The first-order chi connectivity index (χ1) is 10.5. The van der Waals surface area contributed by atoms with Gasteiger partial charge in [0.25, 0.3) is 0 Å². The lowest BCUT2D eigenvalue weighted by atomic mass is 10.3. The molecule has 0 spiro atoms. The topological polar surface area (TPSA) is 48.1 Å². The van der Waals surface area contributed by atoms with Crippen molar-refractivity contribution in [2.24, 2.45) is 0 Å². The van der Waals surface area contributed by atoms with Gasteiger partial charge in [0, 0.05) is 21.4 Å². The molecule has 0 saturated heterocycles. The van der Waals surface area contributed by atoms with Gasteiger partial charge in [-0.25, -0.2) is 0 Å². The summed E-state index contributed by atoms with van der Waals surface area (Å²) in [6, 6.07) is 14.4. The average Bonchev–Trinajstić information content (AvgIpc) is 2.45. The molecule has 0 aliphatic rings. The fourth-order valence-electron chi connectivity index (χ4n) is 1.57. The fourth-order valence-corrected chi connectivity index (χ4v) is 2.29. The SMILES string of the molecule is S=C(NNC(=S)Nc1cccc(Cl)c1)Nc1cccc(Cl)c1. The van der Waals surface area contributed by atoms with E-state index in [2.05, 4.69) is 21.5 Å². The van der Waals surface area contributed by atoms with Crippen molar-refractivity contribution >= 4 is 69.2 Å². The summed E-state index contributed by atoms with van der Waals surface area (Å²) >= 11 is 22.1. The van der Waals surface area contributed by atoms with Crippen LogP contribution >= 0.6 is 47.6 Å². The molecule has 2 aromatic rings. The van der Waals surface area contributed by atoms with Gasteiger partial charge in [0.15, 0.2) is 10.2 Å². The Morgan fingerprint density at radius 3 is 1.50 bits per heavy atom. The molecule has 8 heteroatoms. The Balaban J connectivity index is 1.79. The first-order valence-corrected chi connectivity index (χ1v) is 7.75. The molecule has 0 radical (unpaired) electrons. The summed E-state index contributed by atoms with van der Waals surface area (Å²) in [6.45, 7) is 0. The molecule has 0 bridgehead atoms. The van der Waals surface area contributed by atoms with Crippen molar-refractivity contribution in [1.29, 1.82) is 0 Å². The second kappa shape index (κ2) is 8.14. The summed E-state index contributed by atoms with van der Waals surface area (Å²) in [5.74, 6) is 0. The van der Waals surface area contributed by atoms with Gasteiger partial charge in [-0.2, -0.15) is 0 Å². The zero-order valence-corrected chi connectivity index (χ0v) is 14.3. The van der Waals surface area contributed by atoms with Gasteiger partial charge in [-0.1, -0.05) is 35.3 Å². The molecule has 4 nitrogen and oxygen atoms in total. The monoisotopic (exact) mass is 370 g/mol. The Morgan fingerprint density at radius 2 is 1.14 bits per heavy atom. The van der Waals surface area contributed by atoms with Crippen LogP contribution in [0.1, 0.15) is 0 Å². The normalized spacial score (nSPS) is 9.73. The standard InChI is InChI=1S/C14H12Cl2N4S2/c15-9-3-1-5-11(7-9)17-13(21)19-20-14(22)18-12-6-2-4-10(16)8-12/h1-8H,(H2,17,19,21)(H2,18,20,22). The Bertz CT molecular complexity index is 635. The van der Waals surface area contributed by atoms with E-state index >= 15 is 0 Å². The molecule has 0 aliphatic heterocycles. The molecule has 4 N–H and O–H groups in total. The highest BCUT2D eigenvalue weighted by Crippen LogP contribution is 2.15. The van der Waals surface area contributed by atoms with Gasteiger partial charge < -0.3 is 10.6 Å². The van der Waals surface area contributed by atoms with Crippen molar-refractivity contribution in [2.75, 3.05) is 10.6 Å². The summed E-state index contributed by atoms with van der Waals surface area (Å²) in [5.41, 5.74) is 7.11. The number of thiocarbonyl (C=S) groups is 2. The quantitative estimate of drug-likeness (QED) is 0.469. The average molecular weight is 371 g/mol. The Kier molecular flexibility index (Phi) is 6.21. The second-order valence-electron chi connectivity index (χ2n) is 4.18. The lowest BCUT2D eigenvalue weighted by Gasteiger charge is -2.14.